The average Bonchev–Trinajstić information content (AvgIpc) is 3.36. The number of nitrogens with one attached hydrogen (secondary N) is 1. The molecule has 1 N–H and O–H groups in total. The molecule has 1 fully saturated rings. The van der Waals surface area contributed by atoms with Gasteiger partial charge in [0, 0.05) is 17.1 Å². The first kappa shape index (κ1) is 24.7. The van der Waals surface area contributed by atoms with Gasteiger partial charge in [-0.2, -0.15) is 0 Å². The van der Waals surface area contributed by atoms with Crippen molar-refractivity contribution in [2.45, 2.75) is 51.2 Å². The van der Waals surface area contributed by atoms with Gasteiger partial charge in [0.1, 0.15) is 11.8 Å². The third-order valence-electron chi connectivity index (χ3n) is 6.31. The smallest absolute Gasteiger partial charge is 0.261 e. The summed E-state index contributed by atoms with van der Waals surface area (Å²) >= 11 is 7.06. The Kier molecular flexibility index (Phi) is 8.27. The van der Waals surface area contributed by atoms with Gasteiger partial charge in [-0.15, -0.1) is 0 Å². The summed E-state index contributed by atoms with van der Waals surface area (Å²) in [5, 5.41) is 5.23. The molecule has 0 aliphatic heterocycles. The molecule has 0 unspecified atom stereocenters. The van der Waals surface area contributed by atoms with Gasteiger partial charge >= 0.3 is 0 Å². The van der Waals surface area contributed by atoms with Crippen LogP contribution in [-0.4, -0.2) is 35.4 Å². The van der Waals surface area contributed by atoms with Crippen molar-refractivity contribution in [2.24, 2.45) is 0 Å². The average molecular weight is 588 g/mol. The van der Waals surface area contributed by atoms with Gasteiger partial charge in [-0.3, -0.25) is 9.59 Å². The highest BCUT2D eigenvalue weighted by Gasteiger charge is 2.29. The van der Waals surface area contributed by atoms with E-state index in [0.717, 1.165) is 51.0 Å². The Balaban J connectivity index is 1.49. The molecule has 3 aromatic rings. The molecule has 34 heavy (non-hydrogen) atoms. The quantitative estimate of drug-likeness (QED) is 0.340. The third-order valence-corrected chi connectivity index (χ3v) is 7.66. The molecule has 0 heterocycles. The molecule has 4 rings (SSSR count). The number of amides is 2. The highest BCUT2D eigenvalue weighted by Crippen LogP contribution is 2.33. The molecule has 0 spiro atoms. The predicted octanol–water partition coefficient (Wildman–Crippen LogP) is 6.22. The Morgan fingerprint density at radius 1 is 1.03 bits per heavy atom. The van der Waals surface area contributed by atoms with Gasteiger partial charge in [0.15, 0.2) is 6.61 Å². The van der Waals surface area contributed by atoms with Crippen LogP contribution in [-0.2, 0) is 16.1 Å². The van der Waals surface area contributed by atoms with Crippen LogP contribution in [0, 0.1) is 0 Å². The van der Waals surface area contributed by atoms with Gasteiger partial charge in [0.25, 0.3) is 5.91 Å². The number of rotatable bonds is 8. The highest BCUT2D eigenvalue weighted by atomic mass is 79.9. The predicted molar refractivity (Wildman–Crippen MR) is 142 cm³/mol. The maximum absolute atomic E-state index is 13.3. The summed E-state index contributed by atoms with van der Waals surface area (Å²) in [6.07, 6.45) is 4.27. The topological polar surface area (TPSA) is 58.6 Å². The Morgan fingerprint density at radius 2 is 1.74 bits per heavy atom. The molecular formula is C27H28Br2N2O3. The molecule has 1 saturated carbocycles. The normalized spacial score (nSPS) is 14.7. The molecule has 0 aromatic heterocycles. The Labute approximate surface area is 217 Å². The van der Waals surface area contributed by atoms with Gasteiger partial charge in [-0.25, -0.2) is 0 Å². The summed E-state index contributed by atoms with van der Waals surface area (Å²) in [7, 11) is 0. The Morgan fingerprint density at radius 3 is 2.47 bits per heavy atom. The number of fused-ring (bicyclic) bond motifs is 1. The summed E-state index contributed by atoms with van der Waals surface area (Å²) < 4.78 is 7.70. The van der Waals surface area contributed by atoms with Crippen LogP contribution in [0.2, 0.25) is 0 Å². The van der Waals surface area contributed by atoms with Crippen LogP contribution < -0.4 is 10.1 Å². The van der Waals surface area contributed by atoms with E-state index in [9.17, 15) is 9.59 Å². The first-order valence-electron chi connectivity index (χ1n) is 11.6. The lowest BCUT2D eigenvalue weighted by Crippen LogP contribution is -2.50. The maximum atomic E-state index is 13.3. The third kappa shape index (κ3) is 5.99. The van der Waals surface area contributed by atoms with Gasteiger partial charge in [-0.1, -0.05) is 71.2 Å². The van der Waals surface area contributed by atoms with Crippen molar-refractivity contribution in [3.63, 3.8) is 0 Å². The van der Waals surface area contributed by atoms with Gasteiger partial charge in [-0.05, 0) is 70.2 Å². The molecule has 3 aromatic carbocycles. The van der Waals surface area contributed by atoms with E-state index in [2.05, 4.69) is 37.2 Å². The molecule has 2 amide bonds. The number of benzene rings is 3. The zero-order valence-electron chi connectivity index (χ0n) is 19.1. The van der Waals surface area contributed by atoms with Crippen molar-refractivity contribution < 1.29 is 14.3 Å². The van der Waals surface area contributed by atoms with Crippen LogP contribution in [0.4, 0.5) is 0 Å². The van der Waals surface area contributed by atoms with E-state index in [0.29, 0.717) is 12.3 Å². The summed E-state index contributed by atoms with van der Waals surface area (Å²) in [6, 6.07) is 19.2. The number of carbonyl (C=O) groups is 2. The van der Waals surface area contributed by atoms with Crippen molar-refractivity contribution in [2.75, 3.05) is 6.61 Å². The van der Waals surface area contributed by atoms with Crippen molar-refractivity contribution in [1.82, 2.24) is 10.2 Å². The lowest BCUT2D eigenvalue weighted by Gasteiger charge is -2.29. The molecule has 178 valence electrons. The number of ether oxygens (including phenoxy) is 1. The van der Waals surface area contributed by atoms with Crippen molar-refractivity contribution in [3.8, 4) is 5.75 Å². The lowest BCUT2D eigenvalue weighted by atomic mass is 10.1. The minimum atomic E-state index is -0.611. The molecule has 0 radical (unpaired) electrons. The summed E-state index contributed by atoms with van der Waals surface area (Å²) in [6.45, 7) is 1.95. The molecule has 1 aliphatic rings. The van der Waals surface area contributed by atoms with E-state index in [1.807, 2.05) is 60.7 Å². The summed E-state index contributed by atoms with van der Waals surface area (Å²) in [4.78, 5) is 27.9. The molecule has 5 nitrogen and oxygen atoms in total. The van der Waals surface area contributed by atoms with E-state index in [1.54, 1.807) is 11.8 Å². The zero-order chi connectivity index (χ0) is 24.1. The first-order chi connectivity index (χ1) is 16.4. The monoisotopic (exact) mass is 586 g/mol. The molecule has 1 aliphatic carbocycles. The van der Waals surface area contributed by atoms with Crippen LogP contribution in [0.3, 0.4) is 0 Å². The molecule has 7 heteroatoms. The van der Waals surface area contributed by atoms with Crippen molar-refractivity contribution in [3.05, 3.63) is 75.2 Å². The van der Waals surface area contributed by atoms with Gasteiger partial charge in [0.2, 0.25) is 5.91 Å². The minimum absolute atomic E-state index is 0.121. The standard InChI is InChI=1S/C27H28Br2N2O3/c1-18(27(33)30-22-7-3-4-8-22)31(16-19-10-13-21(28)14-11-19)25(32)17-34-24-15-12-20-6-2-5-9-23(20)26(24)29/h2,5-6,9-15,18,22H,3-4,7-8,16-17H2,1H3,(H,30,33)/t18-/m1/s1. The maximum Gasteiger partial charge on any atom is 0.261 e. The van der Waals surface area contributed by atoms with E-state index in [4.69, 9.17) is 4.74 Å². The number of carbonyl (C=O) groups excluding carboxylic acids is 2. The van der Waals surface area contributed by atoms with Crippen LogP contribution >= 0.6 is 31.9 Å². The first-order valence-corrected chi connectivity index (χ1v) is 13.2. The van der Waals surface area contributed by atoms with Crippen LogP contribution in [0.25, 0.3) is 10.8 Å². The fraction of sp³-hybridized carbons (Fsp3) is 0.333. The fourth-order valence-corrected chi connectivity index (χ4v) is 5.18. The van der Waals surface area contributed by atoms with Crippen LogP contribution in [0.5, 0.6) is 5.75 Å². The largest absolute Gasteiger partial charge is 0.483 e. The second kappa shape index (κ2) is 11.4. The van der Waals surface area contributed by atoms with Crippen LogP contribution in [0.1, 0.15) is 38.2 Å². The Hall–Kier alpha value is -2.38. The van der Waals surface area contributed by atoms with E-state index in [1.165, 1.54) is 0 Å². The molecule has 0 saturated heterocycles. The molecule has 0 bridgehead atoms. The van der Waals surface area contributed by atoms with E-state index in [-0.39, 0.29) is 24.5 Å². The number of halogens is 2. The van der Waals surface area contributed by atoms with Crippen molar-refractivity contribution in [1.29, 1.82) is 0 Å². The van der Waals surface area contributed by atoms with Crippen molar-refractivity contribution >= 4 is 54.4 Å². The summed E-state index contributed by atoms with van der Waals surface area (Å²) in [5.74, 6) is 0.236. The second-order valence-corrected chi connectivity index (χ2v) is 10.4. The second-order valence-electron chi connectivity index (χ2n) is 8.70. The lowest BCUT2D eigenvalue weighted by molar-refractivity contribution is -0.142. The molecule has 1 atom stereocenters. The van der Waals surface area contributed by atoms with Gasteiger partial charge in [0.05, 0.1) is 4.47 Å². The van der Waals surface area contributed by atoms with Gasteiger partial charge < -0.3 is 15.0 Å². The SMILES string of the molecule is C[C@H](C(=O)NC1CCCC1)N(Cc1ccc(Br)cc1)C(=O)COc1ccc2ccccc2c1Br. The number of hydrogen-bond donors (Lipinski definition) is 1. The number of hydrogen-bond acceptors (Lipinski definition) is 3. The van der Waals surface area contributed by atoms with E-state index >= 15 is 0 Å². The zero-order valence-corrected chi connectivity index (χ0v) is 22.3. The summed E-state index contributed by atoms with van der Waals surface area (Å²) in [5.41, 5.74) is 0.948. The number of nitrogens with zero attached hydrogens (tertiary/aromatic N) is 1. The highest BCUT2D eigenvalue weighted by molar-refractivity contribution is 9.11. The van der Waals surface area contributed by atoms with E-state index < -0.39 is 6.04 Å². The Bertz CT molecular complexity index is 1160. The fourth-order valence-electron chi connectivity index (χ4n) is 4.31. The minimum Gasteiger partial charge on any atom is -0.483 e. The van der Waals surface area contributed by atoms with Crippen LogP contribution in [0.15, 0.2) is 69.6 Å². The molecular weight excluding hydrogens is 560 g/mol.